The number of benzene rings is 1. The molecule has 0 saturated heterocycles. The van der Waals surface area contributed by atoms with E-state index in [4.69, 9.17) is 9.72 Å². The van der Waals surface area contributed by atoms with E-state index in [1.807, 2.05) is 12.1 Å². The van der Waals surface area contributed by atoms with Gasteiger partial charge in [0.2, 0.25) is 0 Å². The molecule has 0 amide bonds. The van der Waals surface area contributed by atoms with Crippen molar-refractivity contribution in [3.63, 3.8) is 0 Å². The number of aromatic nitrogens is 2. The Hall–Kier alpha value is -3.19. The first-order valence-corrected chi connectivity index (χ1v) is 10.8. The van der Waals surface area contributed by atoms with Crippen LogP contribution < -0.4 is 10.9 Å². The Morgan fingerprint density at radius 3 is 2.71 bits per heavy atom. The Bertz CT molecular complexity index is 1310. The highest BCUT2D eigenvalue weighted by Gasteiger charge is 2.45. The summed E-state index contributed by atoms with van der Waals surface area (Å²) in [7, 11) is 0. The highest BCUT2D eigenvalue weighted by atomic mass is 16.6. The highest BCUT2D eigenvalue weighted by Crippen LogP contribution is 2.40. The zero-order valence-electron chi connectivity index (χ0n) is 17.9. The number of aliphatic hydroxyl groups is 1. The van der Waals surface area contributed by atoms with Gasteiger partial charge in [-0.2, -0.15) is 0 Å². The predicted octanol–water partition coefficient (Wildman–Crippen LogP) is 3.07. The number of hydrogen-bond donors (Lipinski definition) is 2. The molecule has 0 aliphatic carbocycles. The van der Waals surface area contributed by atoms with Crippen LogP contribution in [0.2, 0.25) is 0 Å². The Balaban J connectivity index is 1.78. The number of nitrogens with zero attached hydrogens (tertiary/aromatic N) is 2. The van der Waals surface area contributed by atoms with Crippen LogP contribution in [-0.4, -0.2) is 27.2 Å². The fraction of sp³-hybridized carbons (Fsp3) is 0.375. The standard InChI is InChI=1S/C24H25N3O4/c1-4-14-15-9-13(25-6-3)7-8-19(15)26-21-16(14)11-27-20(21)10-18-17(22(27)28)12-31-23(29)24(18,30)5-2/h7-10,25,30H,4-6,11-12H2,1-3H3/t24-/m0/s1. The third-order valence-electron chi connectivity index (χ3n) is 6.54. The van der Waals surface area contributed by atoms with Crippen molar-refractivity contribution in [3.8, 4) is 11.4 Å². The van der Waals surface area contributed by atoms with Gasteiger partial charge >= 0.3 is 5.97 Å². The molecule has 2 N–H and O–H groups in total. The Morgan fingerprint density at radius 2 is 2.00 bits per heavy atom. The highest BCUT2D eigenvalue weighted by molar-refractivity contribution is 5.91. The monoisotopic (exact) mass is 419 g/mol. The maximum atomic E-state index is 13.3. The fourth-order valence-electron chi connectivity index (χ4n) is 4.88. The molecular weight excluding hydrogens is 394 g/mol. The lowest BCUT2D eigenvalue weighted by Crippen LogP contribution is -2.44. The molecule has 1 aromatic carbocycles. The smallest absolute Gasteiger partial charge is 0.343 e. The molecular formula is C24H25N3O4. The molecule has 1 atom stereocenters. The first kappa shape index (κ1) is 19.8. The maximum Gasteiger partial charge on any atom is 0.343 e. The zero-order chi connectivity index (χ0) is 21.9. The lowest BCUT2D eigenvalue weighted by Gasteiger charge is -2.31. The van der Waals surface area contributed by atoms with Gasteiger partial charge in [0.15, 0.2) is 5.60 Å². The van der Waals surface area contributed by atoms with Crippen LogP contribution in [0.4, 0.5) is 5.69 Å². The topological polar surface area (TPSA) is 93.5 Å². The average Bonchev–Trinajstić information content (AvgIpc) is 3.14. The zero-order valence-corrected chi connectivity index (χ0v) is 17.9. The Morgan fingerprint density at radius 1 is 1.19 bits per heavy atom. The summed E-state index contributed by atoms with van der Waals surface area (Å²) in [5.74, 6) is -0.707. The number of pyridine rings is 2. The van der Waals surface area contributed by atoms with Gasteiger partial charge < -0.3 is 19.7 Å². The number of esters is 1. The fourth-order valence-corrected chi connectivity index (χ4v) is 4.88. The number of hydrogen-bond acceptors (Lipinski definition) is 6. The average molecular weight is 419 g/mol. The van der Waals surface area contributed by atoms with E-state index >= 15 is 0 Å². The molecule has 0 saturated carbocycles. The van der Waals surface area contributed by atoms with Crippen molar-refractivity contribution in [2.24, 2.45) is 0 Å². The van der Waals surface area contributed by atoms with Gasteiger partial charge in [0.1, 0.15) is 6.61 Å². The van der Waals surface area contributed by atoms with E-state index in [1.165, 1.54) is 5.56 Å². The summed E-state index contributed by atoms with van der Waals surface area (Å²) in [4.78, 5) is 30.6. The molecule has 4 heterocycles. The number of anilines is 1. The summed E-state index contributed by atoms with van der Waals surface area (Å²) in [5.41, 5.74) is 4.13. The predicted molar refractivity (Wildman–Crippen MR) is 118 cm³/mol. The second kappa shape index (κ2) is 6.92. The van der Waals surface area contributed by atoms with Crippen molar-refractivity contribution >= 4 is 22.6 Å². The Kier molecular flexibility index (Phi) is 4.41. The second-order valence-electron chi connectivity index (χ2n) is 8.14. The number of rotatable bonds is 4. The number of cyclic esters (lactones) is 1. The molecule has 5 rings (SSSR count). The van der Waals surface area contributed by atoms with E-state index in [2.05, 4.69) is 25.2 Å². The van der Waals surface area contributed by atoms with Gasteiger partial charge in [-0.15, -0.1) is 0 Å². The largest absolute Gasteiger partial charge is 0.458 e. The van der Waals surface area contributed by atoms with Gasteiger partial charge in [0.05, 0.1) is 29.0 Å². The summed E-state index contributed by atoms with van der Waals surface area (Å²) >= 11 is 0. The van der Waals surface area contributed by atoms with E-state index in [0.29, 0.717) is 23.4 Å². The lowest BCUT2D eigenvalue weighted by atomic mass is 9.86. The lowest BCUT2D eigenvalue weighted by molar-refractivity contribution is -0.172. The molecule has 2 aliphatic heterocycles. The molecule has 0 unspecified atom stereocenters. The van der Waals surface area contributed by atoms with Crippen LogP contribution in [0.5, 0.6) is 0 Å². The van der Waals surface area contributed by atoms with E-state index < -0.39 is 11.6 Å². The van der Waals surface area contributed by atoms with Crippen molar-refractivity contribution in [3.05, 3.63) is 56.9 Å². The number of carbonyl (C=O) groups is 1. The molecule has 7 heteroatoms. The molecule has 2 aromatic heterocycles. The van der Waals surface area contributed by atoms with Crippen molar-refractivity contribution in [1.82, 2.24) is 9.55 Å². The first-order chi connectivity index (χ1) is 14.9. The molecule has 7 nitrogen and oxygen atoms in total. The molecule has 31 heavy (non-hydrogen) atoms. The summed E-state index contributed by atoms with van der Waals surface area (Å²) in [6, 6.07) is 7.87. The van der Waals surface area contributed by atoms with Gasteiger partial charge in [-0.05, 0) is 49.6 Å². The maximum absolute atomic E-state index is 13.3. The second-order valence-corrected chi connectivity index (χ2v) is 8.14. The summed E-state index contributed by atoms with van der Waals surface area (Å²) in [6.07, 6.45) is 0.938. The van der Waals surface area contributed by atoms with E-state index in [1.54, 1.807) is 17.6 Å². The van der Waals surface area contributed by atoms with Gasteiger partial charge in [-0.25, -0.2) is 9.78 Å². The third-order valence-corrected chi connectivity index (χ3v) is 6.54. The van der Waals surface area contributed by atoms with Crippen molar-refractivity contribution in [2.45, 2.75) is 52.4 Å². The molecule has 0 spiro atoms. The van der Waals surface area contributed by atoms with Crippen LogP contribution in [0, 0.1) is 0 Å². The molecule has 160 valence electrons. The van der Waals surface area contributed by atoms with Crippen molar-refractivity contribution in [1.29, 1.82) is 0 Å². The van der Waals surface area contributed by atoms with E-state index in [-0.39, 0.29) is 18.6 Å². The van der Waals surface area contributed by atoms with Crippen molar-refractivity contribution < 1.29 is 14.6 Å². The molecule has 0 radical (unpaired) electrons. The van der Waals surface area contributed by atoms with Crippen LogP contribution in [0.25, 0.3) is 22.3 Å². The van der Waals surface area contributed by atoms with Gasteiger partial charge in [0, 0.05) is 28.7 Å². The van der Waals surface area contributed by atoms with E-state index in [9.17, 15) is 14.7 Å². The normalized spacial score (nSPS) is 19.0. The minimum absolute atomic E-state index is 0.117. The Labute approximate surface area is 179 Å². The van der Waals surface area contributed by atoms with Gasteiger partial charge in [0.25, 0.3) is 5.56 Å². The SMILES string of the molecule is CCNc1ccc2nc3c(c(CC)c2c1)Cn1c-3cc2c(c1=O)COC(=O)[C@]2(O)CC. The number of fused-ring (bicyclic) bond motifs is 5. The van der Waals surface area contributed by atoms with Crippen molar-refractivity contribution in [2.75, 3.05) is 11.9 Å². The molecule has 2 aliphatic rings. The van der Waals surface area contributed by atoms with Crippen LogP contribution >= 0.6 is 0 Å². The summed E-state index contributed by atoms with van der Waals surface area (Å²) < 4.78 is 6.84. The molecule has 3 aromatic rings. The minimum atomic E-state index is -1.81. The first-order valence-electron chi connectivity index (χ1n) is 10.8. The van der Waals surface area contributed by atoms with Crippen LogP contribution in [0.15, 0.2) is 29.1 Å². The van der Waals surface area contributed by atoms with Gasteiger partial charge in [-0.3, -0.25) is 4.79 Å². The van der Waals surface area contributed by atoms with E-state index in [0.717, 1.165) is 40.8 Å². The van der Waals surface area contributed by atoms with Crippen LogP contribution in [-0.2, 0) is 34.7 Å². The summed E-state index contributed by atoms with van der Waals surface area (Å²) in [5, 5.41) is 15.4. The number of nitrogens with one attached hydrogen (secondary N) is 1. The van der Waals surface area contributed by atoms with Gasteiger partial charge in [-0.1, -0.05) is 13.8 Å². The van der Waals surface area contributed by atoms with Crippen LogP contribution in [0.1, 0.15) is 49.4 Å². The molecule has 0 bridgehead atoms. The minimum Gasteiger partial charge on any atom is -0.458 e. The van der Waals surface area contributed by atoms with Crippen LogP contribution in [0.3, 0.4) is 0 Å². The quantitative estimate of drug-likeness (QED) is 0.494. The number of aryl methyl sites for hydroxylation is 1. The molecule has 0 fully saturated rings. The summed E-state index contributed by atoms with van der Waals surface area (Å²) in [6.45, 7) is 7.01. The third kappa shape index (κ3) is 2.66. The number of carbonyl (C=O) groups excluding carboxylic acids is 1. The number of ether oxygens (including phenoxy) is 1.